The summed E-state index contributed by atoms with van der Waals surface area (Å²) >= 11 is 1.34. The fourth-order valence-electron chi connectivity index (χ4n) is 4.11. The summed E-state index contributed by atoms with van der Waals surface area (Å²) in [7, 11) is 3.16. The number of thiophene rings is 1. The van der Waals surface area contributed by atoms with Crippen LogP contribution in [-0.2, 0) is 17.9 Å². The molecule has 33 heavy (non-hydrogen) atoms. The number of methoxy groups -OCH3 is 2. The molecule has 3 heterocycles. The number of carbonyl (C=O) groups excluding carboxylic acids is 1. The summed E-state index contributed by atoms with van der Waals surface area (Å²) in [6.07, 6.45) is 0. The van der Waals surface area contributed by atoms with E-state index in [9.17, 15) is 4.79 Å². The maximum absolute atomic E-state index is 13.0. The molecule has 3 aromatic rings. The van der Waals surface area contributed by atoms with E-state index in [4.69, 9.17) is 9.47 Å². The molecular weight excluding hydrogens is 438 g/mol. The number of fused-ring (bicyclic) bond motifs is 1. The van der Waals surface area contributed by atoms with Crippen molar-refractivity contribution in [3.8, 4) is 5.88 Å². The van der Waals surface area contributed by atoms with Crippen LogP contribution >= 0.6 is 11.3 Å². The molecule has 176 valence electrons. The molecule has 1 amide bonds. The van der Waals surface area contributed by atoms with Gasteiger partial charge in [0.25, 0.3) is 5.91 Å². The number of hydrogen-bond donors (Lipinski definition) is 1. The summed E-state index contributed by atoms with van der Waals surface area (Å²) in [4.78, 5) is 28.3. The molecule has 0 saturated carbocycles. The van der Waals surface area contributed by atoms with Crippen LogP contribution in [0.5, 0.6) is 5.88 Å². The SMILES string of the molecule is CCN1CCN(Cc2ccc(NC(=O)c3sc4nc(COC)nc(OC)c4c3C)cc2)CC1. The number of ether oxygens (including phenoxy) is 2. The third-order valence-electron chi connectivity index (χ3n) is 6.01. The van der Waals surface area contributed by atoms with Gasteiger partial charge in [-0.3, -0.25) is 9.69 Å². The third kappa shape index (κ3) is 5.33. The van der Waals surface area contributed by atoms with Crippen molar-refractivity contribution in [2.75, 3.05) is 52.3 Å². The van der Waals surface area contributed by atoms with Gasteiger partial charge in [0.2, 0.25) is 5.88 Å². The first-order chi connectivity index (χ1) is 16.0. The Morgan fingerprint density at radius 2 is 1.79 bits per heavy atom. The molecule has 8 nitrogen and oxygen atoms in total. The molecule has 9 heteroatoms. The molecule has 1 N–H and O–H groups in total. The van der Waals surface area contributed by atoms with E-state index in [0.717, 1.165) is 60.7 Å². The van der Waals surface area contributed by atoms with E-state index in [1.165, 1.54) is 16.9 Å². The second-order valence-electron chi connectivity index (χ2n) is 8.18. The van der Waals surface area contributed by atoms with Gasteiger partial charge in [0, 0.05) is 45.5 Å². The Labute approximate surface area is 198 Å². The summed E-state index contributed by atoms with van der Waals surface area (Å²) in [5.74, 6) is 0.833. The van der Waals surface area contributed by atoms with Crippen LogP contribution in [0.3, 0.4) is 0 Å². The minimum absolute atomic E-state index is 0.158. The zero-order chi connectivity index (χ0) is 23.4. The van der Waals surface area contributed by atoms with Crippen molar-refractivity contribution in [1.82, 2.24) is 19.8 Å². The monoisotopic (exact) mass is 469 g/mol. The van der Waals surface area contributed by atoms with E-state index in [2.05, 4.69) is 44.1 Å². The lowest BCUT2D eigenvalue weighted by atomic mass is 10.1. The van der Waals surface area contributed by atoms with Crippen molar-refractivity contribution in [1.29, 1.82) is 0 Å². The number of carbonyl (C=O) groups is 1. The molecule has 2 aromatic heterocycles. The third-order valence-corrected chi connectivity index (χ3v) is 7.19. The van der Waals surface area contributed by atoms with E-state index < -0.39 is 0 Å². The van der Waals surface area contributed by atoms with Crippen LogP contribution in [0.25, 0.3) is 10.2 Å². The number of rotatable bonds is 8. The Hall–Kier alpha value is -2.59. The fraction of sp³-hybridized carbons (Fsp3) is 0.458. The Balaban J connectivity index is 1.45. The zero-order valence-corrected chi connectivity index (χ0v) is 20.5. The first-order valence-corrected chi connectivity index (χ1v) is 12.0. The van der Waals surface area contributed by atoms with Gasteiger partial charge in [-0.05, 0) is 36.7 Å². The van der Waals surface area contributed by atoms with Crippen LogP contribution in [0.15, 0.2) is 24.3 Å². The molecule has 0 aliphatic carbocycles. The van der Waals surface area contributed by atoms with Crippen LogP contribution in [0.1, 0.15) is 33.5 Å². The van der Waals surface area contributed by atoms with Crippen LogP contribution in [0.2, 0.25) is 0 Å². The Morgan fingerprint density at radius 1 is 1.09 bits per heavy atom. The van der Waals surface area contributed by atoms with Gasteiger partial charge in [0.15, 0.2) is 5.82 Å². The second-order valence-corrected chi connectivity index (χ2v) is 9.18. The van der Waals surface area contributed by atoms with Crippen molar-refractivity contribution < 1.29 is 14.3 Å². The number of aryl methyl sites for hydroxylation is 1. The maximum atomic E-state index is 13.0. The molecule has 0 unspecified atom stereocenters. The minimum atomic E-state index is -0.158. The number of benzene rings is 1. The molecule has 0 spiro atoms. The van der Waals surface area contributed by atoms with E-state index in [1.807, 2.05) is 19.1 Å². The minimum Gasteiger partial charge on any atom is -0.480 e. The summed E-state index contributed by atoms with van der Waals surface area (Å²) < 4.78 is 10.6. The van der Waals surface area contributed by atoms with Gasteiger partial charge in [-0.2, -0.15) is 4.98 Å². The van der Waals surface area contributed by atoms with Gasteiger partial charge in [0.1, 0.15) is 11.4 Å². The number of piperazine rings is 1. The predicted molar refractivity (Wildman–Crippen MR) is 131 cm³/mol. The average Bonchev–Trinajstić information content (AvgIpc) is 3.17. The van der Waals surface area contributed by atoms with E-state index in [-0.39, 0.29) is 12.5 Å². The van der Waals surface area contributed by atoms with Gasteiger partial charge in [-0.15, -0.1) is 11.3 Å². The highest BCUT2D eigenvalue weighted by Gasteiger charge is 2.21. The molecular formula is C24H31N5O3S. The molecule has 0 bridgehead atoms. The molecule has 0 radical (unpaired) electrons. The number of hydrogen-bond acceptors (Lipinski definition) is 8. The highest BCUT2D eigenvalue weighted by molar-refractivity contribution is 7.20. The average molecular weight is 470 g/mol. The normalized spacial score (nSPS) is 15.2. The molecule has 0 atom stereocenters. The molecule has 1 aliphatic rings. The van der Waals surface area contributed by atoms with Gasteiger partial charge < -0.3 is 19.7 Å². The number of likely N-dealkylation sites (N-methyl/N-ethyl adjacent to an activating group) is 1. The van der Waals surface area contributed by atoms with Crippen LogP contribution in [0.4, 0.5) is 5.69 Å². The predicted octanol–water partition coefficient (Wildman–Crippen LogP) is 3.54. The summed E-state index contributed by atoms with van der Waals surface area (Å²) in [5, 5.41) is 3.79. The Bertz CT molecular complexity index is 1110. The van der Waals surface area contributed by atoms with Crippen molar-refractivity contribution in [2.45, 2.75) is 27.0 Å². The molecule has 1 fully saturated rings. The zero-order valence-electron chi connectivity index (χ0n) is 19.7. The smallest absolute Gasteiger partial charge is 0.266 e. The van der Waals surface area contributed by atoms with Crippen molar-refractivity contribution in [3.05, 3.63) is 46.1 Å². The van der Waals surface area contributed by atoms with Crippen molar-refractivity contribution in [2.24, 2.45) is 0 Å². The van der Waals surface area contributed by atoms with Gasteiger partial charge in [-0.25, -0.2) is 4.98 Å². The molecule has 1 aliphatic heterocycles. The number of nitrogens with zero attached hydrogens (tertiary/aromatic N) is 4. The van der Waals surface area contributed by atoms with Crippen LogP contribution < -0.4 is 10.1 Å². The molecule has 4 rings (SSSR count). The topological polar surface area (TPSA) is 79.8 Å². The highest BCUT2D eigenvalue weighted by atomic mass is 32.1. The summed E-state index contributed by atoms with van der Waals surface area (Å²) in [5.41, 5.74) is 2.84. The lowest BCUT2D eigenvalue weighted by Gasteiger charge is -2.34. The summed E-state index contributed by atoms with van der Waals surface area (Å²) in [6.45, 7) is 10.9. The molecule has 1 aromatic carbocycles. The molecule has 1 saturated heterocycles. The van der Waals surface area contributed by atoms with E-state index >= 15 is 0 Å². The lowest BCUT2D eigenvalue weighted by molar-refractivity contribution is 0.103. The Kier molecular flexibility index (Phi) is 7.54. The maximum Gasteiger partial charge on any atom is 0.266 e. The second kappa shape index (κ2) is 10.6. The van der Waals surface area contributed by atoms with Crippen molar-refractivity contribution >= 4 is 33.1 Å². The van der Waals surface area contributed by atoms with Gasteiger partial charge in [0.05, 0.1) is 17.4 Å². The summed E-state index contributed by atoms with van der Waals surface area (Å²) in [6, 6.07) is 8.11. The largest absolute Gasteiger partial charge is 0.480 e. The van der Waals surface area contributed by atoms with Crippen LogP contribution in [0, 0.1) is 6.92 Å². The van der Waals surface area contributed by atoms with Gasteiger partial charge >= 0.3 is 0 Å². The van der Waals surface area contributed by atoms with E-state index in [0.29, 0.717) is 16.6 Å². The van der Waals surface area contributed by atoms with Crippen LogP contribution in [-0.4, -0.2) is 72.6 Å². The van der Waals surface area contributed by atoms with Crippen molar-refractivity contribution in [3.63, 3.8) is 0 Å². The van der Waals surface area contributed by atoms with Gasteiger partial charge in [-0.1, -0.05) is 19.1 Å². The number of anilines is 1. The first-order valence-electron chi connectivity index (χ1n) is 11.2. The number of nitrogens with one attached hydrogen (secondary N) is 1. The standard InChI is InChI=1S/C24H31N5O3S/c1-5-28-10-12-29(13-11-28)14-17-6-8-18(9-7-17)25-22(30)21-16(2)20-23(32-4)26-19(15-31-3)27-24(20)33-21/h6-9H,5,10-15H2,1-4H3,(H,25,30). The lowest BCUT2D eigenvalue weighted by Crippen LogP contribution is -2.45. The highest BCUT2D eigenvalue weighted by Crippen LogP contribution is 2.35. The number of aromatic nitrogens is 2. The quantitative estimate of drug-likeness (QED) is 0.540. The Morgan fingerprint density at radius 3 is 2.42 bits per heavy atom. The first kappa shape index (κ1) is 23.6. The fourth-order valence-corrected chi connectivity index (χ4v) is 5.19. The number of amides is 1. The van der Waals surface area contributed by atoms with E-state index in [1.54, 1.807) is 14.2 Å².